The molecule has 100 valence electrons. The average Bonchev–Trinajstić information content (AvgIpc) is 1.96. The summed E-state index contributed by atoms with van der Waals surface area (Å²) >= 11 is 0. The van der Waals surface area contributed by atoms with E-state index in [2.05, 4.69) is 5.32 Å². The van der Waals surface area contributed by atoms with E-state index in [9.17, 15) is 18.0 Å². The molecule has 1 atom stereocenters. The highest BCUT2D eigenvalue weighted by Crippen LogP contribution is 2.00. The van der Waals surface area contributed by atoms with E-state index >= 15 is 0 Å². The van der Waals surface area contributed by atoms with E-state index in [1.807, 2.05) is 4.72 Å². The fraction of sp³-hybridized carbons (Fsp3) is 0.778. The van der Waals surface area contributed by atoms with E-state index in [0.29, 0.717) is 0 Å². The molecule has 0 heterocycles. The number of rotatable bonds is 5. The number of sulfonamides is 1. The number of aliphatic carboxylic acids is 1. The molecule has 0 aliphatic heterocycles. The van der Waals surface area contributed by atoms with Crippen LogP contribution in [0.3, 0.4) is 0 Å². The van der Waals surface area contributed by atoms with Gasteiger partial charge in [-0.25, -0.2) is 13.1 Å². The molecule has 1 unspecified atom stereocenters. The molecular weight excluding hydrogens is 248 g/mol. The zero-order valence-electron chi connectivity index (χ0n) is 10.3. The van der Waals surface area contributed by atoms with Crippen molar-refractivity contribution >= 4 is 21.9 Å². The summed E-state index contributed by atoms with van der Waals surface area (Å²) < 4.78 is 24.5. The third-order valence-corrected chi connectivity index (χ3v) is 2.90. The van der Waals surface area contributed by atoms with Gasteiger partial charge in [-0.3, -0.25) is 9.59 Å². The molecular formula is C9H18N2O5S. The van der Waals surface area contributed by atoms with Crippen molar-refractivity contribution in [3.8, 4) is 0 Å². The Kier molecular flexibility index (Phi) is 5.09. The Morgan fingerprint density at radius 2 is 1.76 bits per heavy atom. The minimum atomic E-state index is -3.99. The Morgan fingerprint density at radius 3 is 2.12 bits per heavy atom. The summed E-state index contributed by atoms with van der Waals surface area (Å²) in [5, 5.41) is 10.9. The second-order valence-corrected chi connectivity index (χ2v) is 6.49. The number of amides is 1. The van der Waals surface area contributed by atoms with Crippen LogP contribution in [-0.2, 0) is 19.6 Å². The molecule has 0 aliphatic carbocycles. The summed E-state index contributed by atoms with van der Waals surface area (Å²) in [5.74, 6) is -3.03. The van der Waals surface area contributed by atoms with Gasteiger partial charge in [-0.2, -0.15) is 0 Å². The minimum Gasteiger partial charge on any atom is -0.480 e. The molecule has 0 spiro atoms. The Balaban J connectivity index is 4.50. The topological polar surface area (TPSA) is 113 Å². The number of hydrogen-bond acceptors (Lipinski definition) is 4. The summed E-state index contributed by atoms with van der Waals surface area (Å²) in [4.78, 5) is 21.8. The van der Waals surface area contributed by atoms with Crippen LogP contribution in [0.25, 0.3) is 0 Å². The highest BCUT2D eigenvalue weighted by molar-refractivity contribution is 7.90. The quantitative estimate of drug-likeness (QED) is 0.608. The fourth-order valence-corrected chi connectivity index (χ4v) is 2.06. The maximum Gasteiger partial charge on any atom is 0.320 e. The molecule has 0 radical (unpaired) electrons. The van der Waals surface area contributed by atoms with E-state index in [-0.39, 0.29) is 0 Å². The first kappa shape index (κ1) is 15.9. The summed E-state index contributed by atoms with van der Waals surface area (Å²) in [7, 11) is -3.99. The number of carbonyl (C=O) groups is 2. The standard InChI is InChI=1S/C9H18N2O5S/c1-6(8(14)10-9(2,3)4)11-17(15,16)5-7(12)13/h6,11H,5H2,1-4H3,(H,10,14)(H,12,13). The lowest BCUT2D eigenvalue weighted by Gasteiger charge is -2.23. The van der Waals surface area contributed by atoms with E-state index in [4.69, 9.17) is 5.11 Å². The normalized spacial score (nSPS) is 14.1. The van der Waals surface area contributed by atoms with Gasteiger partial charge in [0.05, 0.1) is 6.04 Å². The highest BCUT2D eigenvalue weighted by atomic mass is 32.2. The van der Waals surface area contributed by atoms with Crippen molar-refractivity contribution in [2.75, 3.05) is 5.75 Å². The number of hydrogen-bond donors (Lipinski definition) is 3. The van der Waals surface area contributed by atoms with Gasteiger partial charge in [0.15, 0.2) is 5.75 Å². The van der Waals surface area contributed by atoms with Crippen molar-refractivity contribution in [3.05, 3.63) is 0 Å². The Hall–Kier alpha value is -1.15. The third-order valence-electron chi connectivity index (χ3n) is 1.56. The Morgan fingerprint density at radius 1 is 1.29 bits per heavy atom. The lowest BCUT2D eigenvalue weighted by Crippen LogP contribution is -2.51. The van der Waals surface area contributed by atoms with Crippen LogP contribution in [0.5, 0.6) is 0 Å². The second-order valence-electron chi connectivity index (χ2n) is 4.73. The minimum absolute atomic E-state index is 0.483. The lowest BCUT2D eigenvalue weighted by molar-refractivity contribution is -0.134. The first-order valence-electron chi connectivity index (χ1n) is 4.97. The van der Waals surface area contributed by atoms with Crippen LogP contribution in [0.15, 0.2) is 0 Å². The van der Waals surface area contributed by atoms with Gasteiger partial charge >= 0.3 is 5.97 Å². The Bertz CT molecular complexity index is 396. The molecule has 0 bridgehead atoms. The van der Waals surface area contributed by atoms with Gasteiger partial charge in [0.1, 0.15) is 0 Å². The number of carbonyl (C=O) groups excluding carboxylic acids is 1. The van der Waals surface area contributed by atoms with E-state index < -0.39 is 39.2 Å². The summed E-state index contributed by atoms with van der Waals surface area (Å²) in [6.07, 6.45) is 0. The van der Waals surface area contributed by atoms with Crippen LogP contribution in [0.2, 0.25) is 0 Å². The Labute approximate surface area is 101 Å². The molecule has 0 rings (SSSR count). The molecule has 0 aliphatic rings. The van der Waals surface area contributed by atoms with Gasteiger partial charge in [0.2, 0.25) is 15.9 Å². The number of nitrogens with one attached hydrogen (secondary N) is 2. The molecule has 1 amide bonds. The monoisotopic (exact) mass is 266 g/mol. The molecule has 8 heteroatoms. The van der Waals surface area contributed by atoms with Crippen LogP contribution < -0.4 is 10.0 Å². The van der Waals surface area contributed by atoms with Crippen LogP contribution in [-0.4, -0.2) is 42.7 Å². The number of carboxylic acid groups (broad SMARTS) is 1. The predicted octanol–water partition coefficient (Wildman–Crippen LogP) is -0.706. The molecule has 17 heavy (non-hydrogen) atoms. The molecule has 0 saturated heterocycles. The molecule has 3 N–H and O–H groups in total. The van der Waals surface area contributed by atoms with Crippen LogP contribution in [0.4, 0.5) is 0 Å². The van der Waals surface area contributed by atoms with Crippen molar-refractivity contribution in [1.29, 1.82) is 0 Å². The third kappa shape index (κ3) is 7.70. The fourth-order valence-electron chi connectivity index (χ4n) is 1.00. The van der Waals surface area contributed by atoms with E-state index in [0.717, 1.165) is 0 Å². The number of carboxylic acids is 1. The van der Waals surface area contributed by atoms with E-state index in [1.165, 1.54) is 6.92 Å². The van der Waals surface area contributed by atoms with Crippen LogP contribution in [0.1, 0.15) is 27.7 Å². The first-order chi connectivity index (χ1) is 7.43. The molecule has 7 nitrogen and oxygen atoms in total. The van der Waals surface area contributed by atoms with Crippen LogP contribution >= 0.6 is 0 Å². The summed E-state index contributed by atoms with van der Waals surface area (Å²) in [6, 6.07) is -1.02. The van der Waals surface area contributed by atoms with Crippen molar-refractivity contribution in [2.45, 2.75) is 39.3 Å². The zero-order chi connectivity index (χ0) is 13.9. The van der Waals surface area contributed by atoms with Gasteiger partial charge in [0.25, 0.3) is 0 Å². The second kappa shape index (κ2) is 5.46. The summed E-state index contributed by atoms with van der Waals surface area (Å²) in [5.41, 5.74) is -0.483. The van der Waals surface area contributed by atoms with Gasteiger partial charge in [-0.05, 0) is 27.7 Å². The van der Waals surface area contributed by atoms with Gasteiger partial charge in [0, 0.05) is 5.54 Å². The largest absolute Gasteiger partial charge is 0.480 e. The average molecular weight is 266 g/mol. The van der Waals surface area contributed by atoms with Crippen molar-refractivity contribution in [3.63, 3.8) is 0 Å². The summed E-state index contributed by atoms with van der Waals surface area (Å²) in [6.45, 7) is 6.61. The molecule has 0 aromatic heterocycles. The maximum absolute atomic E-state index is 11.5. The van der Waals surface area contributed by atoms with Gasteiger partial charge in [-0.15, -0.1) is 0 Å². The maximum atomic E-state index is 11.5. The SMILES string of the molecule is CC(NS(=O)(=O)CC(=O)O)C(=O)NC(C)(C)C. The van der Waals surface area contributed by atoms with Crippen LogP contribution in [0, 0.1) is 0 Å². The smallest absolute Gasteiger partial charge is 0.320 e. The molecule has 0 saturated carbocycles. The zero-order valence-corrected chi connectivity index (χ0v) is 11.1. The molecule has 0 aromatic rings. The predicted molar refractivity (Wildman–Crippen MR) is 61.9 cm³/mol. The molecule has 0 fully saturated rings. The van der Waals surface area contributed by atoms with Gasteiger partial charge < -0.3 is 10.4 Å². The lowest BCUT2D eigenvalue weighted by atomic mass is 10.1. The molecule has 0 aromatic carbocycles. The van der Waals surface area contributed by atoms with Crippen molar-refractivity contribution in [1.82, 2.24) is 10.0 Å². The highest BCUT2D eigenvalue weighted by Gasteiger charge is 2.24. The van der Waals surface area contributed by atoms with Crippen molar-refractivity contribution in [2.24, 2.45) is 0 Å². The van der Waals surface area contributed by atoms with E-state index in [1.54, 1.807) is 20.8 Å². The van der Waals surface area contributed by atoms with Gasteiger partial charge in [-0.1, -0.05) is 0 Å². The van der Waals surface area contributed by atoms with Crippen molar-refractivity contribution < 1.29 is 23.1 Å². The first-order valence-corrected chi connectivity index (χ1v) is 6.62.